The molecule has 1 unspecified atom stereocenters. The zero-order valence-corrected chi connectivity index (χ0v) is 10.8. The lowest BCUT2D eigenvalue weighted by atomic mass is 10.1. The molecule has 0 saturated carbocycles. The molecule has 1 aromatic rings. The zero-order chi connectivity index (χ0) is 11.4. The molecule has 1 heterocycles. The molecule has 0 bridgehead atoms. The van der Waals surface area contributed by atoms with E-state index in [1.807, 2.05) is 31.2 Å². The molecule has 17 heavy (non-hydrogen) atoms. The van der Waals surface area contributed by atoms with Crippen molar-refractivity contribution in [2.45, 2.75) is 25.8 Å². The minimum absolute atomic E-state index is 0. The van der Waals surface area contributed by atoms with Crippen LogP contribution in [-0.2, 0) is 0 Å². The number of piperidine rings is 1. The highest BCUT2D eigenvalue weighted by atomic mass is 35.5. The van der Waals surface area contributed by atoms with Crippen LogP contribution in [0.5, 0.6) is 0 Å². The summed E-state index contributed by atoms with van der Waals surface area (Å²) < 4.78 is 0. The fourth-order valence-electron chi connectivity index (χ4n) is 1.95. The van der Waals surface area contributed by atoms with Gasteiger partial charge in [0.1, 0.15) is 0 Å². The van der Waals surface area contributed by atoms with Gasteiger partial charge in [-0.05, 0) is 38.4 Å². The highest BCUT2D eigenvalue weighted by molar-refractivity contribution is 5.94. The minimum atomic E-state index is 0. The summed E-state index contributed by atoms with van der Waals surface area (Å²) in [6, 6.07) is 7.96. The average Bonchev–Trinajstić information content (AvgIpc) is 2.31. The van der Waals surface area contributed by atoms with E-state index in [-0.39, 0.29) is 24.4 Å². The van der Waals surface area contributed by atoms with Crippen molar-refractivity contribution in [3.8, 4) is 0 Å². The molecule has 0 aliphatic carbocycles. The predicted molar refractivity (Wildman–Crippen MR) is 71.8 cm³/mol. The van der Waals surface area contributed by atoms with Gasteiger partial charge >= 0.3 is 0 Å². The van der Waals surface area contributed by atoms with Crippen LogP contribution >= 0.6 is 12.4 Å². The lowest BCUT2D eigenvalue weighted by Gasteiger charge is -2.23. The van der Waals surface area contributed by atoms with Crippen molar-refractivity contribution >= 4 is 18.3 Å². The Morgan fingerprint density at radius 3 is 2.65 bits per heavy atom. The maximum Gasteiger partial charge on any atom is 0.251 e. The smallest absolute Gasteiger partial charge is 0.251 e. The van der Waals surface area contributed by atoms with Gasteiger partial charge in [-0.25, -0.2) is 0 Å². The molecule has 1 aromatic carbocycles. The van der Waals surface area contributed by atoms with Crippen LogP contribution in [0.4, 0.5) is 0 Å². The largest absolute Gasteiger partial charge is 0.348 e. The van der Waals surface area contributed by atoms with E-state index in [0.29, 0.717) is 0 Å². The van der Waals surface area contributed by atoms with Gasteiger partial charge < -0.3 is 10.6 Å². The van der Waals surface area contributed by atoms with Crippen molar-refractivity contribution in [2.75, 3.05) is 13.1 Å². The number of benzene rings is 1. The van der Waals surface area contributed by atoms with E-state index in [2.05, 4.69) is 10.6 Å². The number of amides is 1. The molecular formula is C13H19ClN2O. The van der Waals surface area contributed by atoms with Gasteiger partial charge in [-0.1, -0.05) is 17.7 Å². The van der Waals surface area contributed by atoms with Crippen LogP contribution in [0.15, 0.2) is 24.3 Å². The number of rotatable bonds is 2. The van der Waals surface area contributed by atoms with Crippen LogP contribution in [0.25, 0.3) is 0 Å². The summed E-state index contributed by atoms with van der Waals surface area (Å²) in [5.74, 6) is 0.0358. The van der Waals surface area contributed by atoms with Crippen LogP contribution in [0, 0.1) is 6.92 Å². The zero-order valence-electron chi connectivity index (χ0n) is 10.0. The summed E-state index contributed by atoms with van der Waals surface area (Å²) in [7, 11) is 0. The van der Waals surface area contributed by atoms with E-state index in [4.69, 9.17) is 0 Å². The molecule has 1 saturated heterocycles. The van der Waals surface area contributed by atoms with Crippen LogP contribution in [0.2, 0.25) is 0 Å². The summed E-state index contributed by atoms with van der Waals surface area (Å²) in [6.45, 7) is 3.97. The number of hydrogen-bond acceptors (Lipinski definition) is 2. The predicted octanol–water partition coefficient (Wildman–Crippen LogP) is 1.90. The van der Waals surface area contributed by atoms with Crippen molar-refractivity contribution in [1.82, 2.24) is 10.6 Å². The van der Waals surface area contributed by atoms with E-state index >= 15 is 0 Å². The Morgan fingerprint density at radius 1 is 1.35 bits per heavy atom. The SMILES string of the molecule is Cc1ccc(C(=O)NC2CCCNC2)cc1.Cl. The third-order valence-electron chi connectivity index (χ3n) is 2.95. The van der Waals surface area contributed by atoms with Crippen LogP contribution in [0.1, 0.15) is 28.8 Å². The summed E-state index contributed by atoms with van der Waals surface area (Å²) in [5, 5.41) is 6.34. The Labute approximate surface area is 108 Å². The number of carbonyl (C=O) groups excluding carboxylic acids is 1. The van der Waals surface area contributed by atoms with Crippen LogP contribution in [0.3, 0.4) is 0 Å². The Balaban J connectivity index is 0.00000144. The number of aryl methyl sites for hydroxylation is 1. The maximum atomic E-state index is 11.9. The third kappa shape index (κ3) is 4.02. The van der Waals surface area contributed by atoms with Gasteiger partial charge in [-0.2, -0.15) is 0 Å². The number of carbonyl (C=O) groups is 1. The highest BCUT2D eigenvalue weighted by Gasteiger charge is 2.15. The van der Waals surface area contributed by atoms with Gasteiger partial charge in [0.2, 0.25) is 0 Å². The van der Waals surface area contributed by atoms with Crippen molar-refractivity contribution in [2.24, 2.45) is 0 Å². The van der Waals surface area contributed by atoms with Crippen molar-refractivity contribution in [1.29, 1.82) is 0 Å². The van der Waals surface area contributed by atoms with Gasteiger partial charge in [0.15, 0.2) is 0 Å². The second kappa shape index (κ2) is 6.62. The molecule has 1 aliphatic heterocycles. The first kappa shape index (κ1) is 14.0. The summed E-state index contributed by atoms with van der Waals surface area (Å²) >= 11 is 0. The first-order chi connectivity index (χ1) is 7.75. The number of nitrogens with one attached hydrogen (secondary N) is 2. The Kier molecular flexibility index (Phi) is 5.45. The average molecular weight is 255 g/mol. The molecule has 1 fully saturated rings. The molecule has 3 nitrogen and oxygen atoms in total. The molecule has 2 rings (SSSR count). The van der Waals surface area contributed by atoms with E-state index in [9.17, 15) is 4.79 Å². The van der Waals surface area contributed by atoms with Crippen molar-refractivity contribution in [3.05, 3.63) is 35.4 Å². The van der Waals surface area contributed by atoms with E-state index in [1.54, 1.807) is 0 Å². The fourth-order valence-corrected chi connectivity index (χ4v) is 1.95. The molecule has 0 spiro atoms. The molecule has 4 heteroatoms. The summed E-state index contributed by atoms with van der Waals surface area (Å²) in [4.78, 5) is 11.9. The number of halogens is 1. The van der Waals surface area contributed by atoms with E-state index in [0.717, 1.165) is 31.5 Å². The Bertz CT molecular complexity index is 358. The maximum absolute atomic E-state index is 11.9. The van der Waals surface area contributed by atoms with Gasteiger partial charge in [0, 0.05) is 18.2 Å². The topological polar surface area (TPSA) is 41.1 Å². The van der Waals surface area contributed by atoms with E-state index in [1.165, 1.54) is 5.56 Å². The standard InChI is InChI=1S/C13H18N2O.ClH/c1-10-4-6-11(7-5-10)13(16)15-12-3-2-8-14-9-12;/h4-7,12,14H,2-3,8-9H2,1H3,(H,15,16);1H. The molecule has 1 atom stereocenters. The highest BCUT2D eigenvalue weighted by Crippen LogP contribution is 2.06. The first-order valence-electron chi connectivity index (χ1n) is 5.84. The molecule has 94 valence electrons. The second-order valence-corrected chi connectivity index (χ2v) is 4.38. The van der Waals surface area contributed by atoms with Gasteiger partial charge in [0.05, 0.1) is 0 Å². The lowest BCUT2D eigenvalue weighted by molar-refractivity contribution is 0.0930. The third-order valence-corrected chi connectivity index (χ3v) is 2.95. The molecule has 1 amide bonds. The first-order valence-corrected chi connectivity index (χ1v) is 5.84. The van der Waals surface area contributed by atoms with Crippen LogP contribution < -0.4 is 10.6 Å². The lowest BCUT2D eigenvalue weighted by Crippen LogP contribution is -2.45. The molecule has 0 aromatic heterocycles. The van der Waals surface area contributed by atoms with Gasteiger partial charge in [0.25, 0.3) is 5.91 Å². The summed E-state index contributed by atoms with van der Waals surface area (Å²) in [6.07, 6.45) is 2.21. The van der Waals surface area contributed by atoms with E-state index < -0.39 is 0 Å². The normalized spacial score (nSPS) is 19.2. The number of hydrogen-bond donors (Lipinski definition) is 2. The Hall–Kier alpha value is -1.06. The molecule has 1 aliphatic rings. The molecule has 2 N–H and O–H groups in total. The molecule has 0 radical (unpaired) electrons. The van der Waals surface area contributed by atoms with Gasteiger partial charge in [-0.3, -0.25) is 4.79 Å². The van der Waals surface area contributed by atoms with Crippen molar-refractivity contribution < 1.29 is 4.79 Å². The summed E-state index contributed by atoms with van der Waals surface area (Å²) in [5.41, 5.74) is 1.92. The molecular weight excluding hydrogens is 236 g/mol. The van der Waals surface area contributed by atoms with Crippen molar-refractivity contribution in [3.63, 3.8) is 0 Å². The van der Waals surface area contributed by atoms with Crippen LogP contribution in [-0.4, -0.2) is 25.0 Å². The Morgan fingerprint density at radius 2 is 2.06 bits per heavy atom. The minimum Gasteiger partial charge on any atom is -0.348 e. The quantitative estimate of drug-likeness (QED) is 0.847. The fraction of sp³-hybridized carbons (Fsp3) is 0.462. The van der Waals surface area contributed by atoms with Gasteiger partial charge in [-0.15, -0.1) is 12.4 Å². The monoisotopic (exact) mass is 254 g/mol. The second-order valence-electron chi connectivity index (χ2n) is 4.38.